The first-order valence-electron chi connectivity index (χ1n) is 4.86. The second-order valence-corrected chi connectivity index (χ2v) is 4.11. The van der Waals surface area contributed by atoms with Gasteiger partial charge in [-0.1, -0.05) is 0 Å². The number of hydrogen-bond acceptors (Lipinski definition) is 4. The zero-order valence-corrected chi connectivity index (χ0v) is 8.89. The lowest BCUT2D eigenvalue weighted by molar-refractivity contribution is -0.0864. The van der Waals surface area contributed by atoms with Crippen LogP contribution in [0.4, 0.5) is 0 Å². The molecule has 0 bridgehead atoms. The van der Waals surface area contributed by atoms with Gasteiger partial charge in [-0.15, -0.1) is 0 Å². The maximum absolute atomic E-state index is 5.51. The molecule has 1 aliphatic heterocycles. The Morgan fingerprint density at radius 2 is 2.50 bits per heavy atom. The SMILES string of the molecule is c1cc(CNCC2COCCO2)cs1. The third-order valence-corrected chi connectivity index (χ3v) is 2.90. The molecule has 0 aliphatic carbocycles. The lowest BCUT2D eigenvalue weighted by Gasteiger charge is -2.23. The van der Waals surface area contributed by atoms with Crippen molar-refractivity contribution in [1.29, 1.82) is 0 Å². The van der Waals surface area contributed by atoms with Crippen molar-refractivity contribution in [2.24, 2.45) is 0 Å². The average Bonchev–Trinajstić information content (AvgIpc) is 2.72. The van der Waals surface area contributed by atoms with Gasteiger partial charge in [-0.2, -0.15) is 11.3 Å². The smallest absolute Gasteiger partial charge is 0.0933 e. The summed E-state index contributed by atoms with van der Waals surface area (Å²) in [4.78, 5) is 0. The third kappa shape index (κ3) is 3.06. The van der Waals surface area contributed by atoms with Gasteiger partial charge in [-0.25, -0.2) is 0 Å². The summed E-state index contributed by atoms with van der Waals surface area (Å²) in [6.45, 7) is 3.97. The molecule has 0 aromatic carbocycles. The highest BCUT2D eigenvalue weighted by molar-refractivity contribution is 7.07. The fraction of sp³-hybridized carbons (Fsp3) is 0.600. The number of nitrogens with one attached hydrogen (secondary N) is 1. The molecular formula is C10H15NO2S. The molecule has 0 amide bonds. The number of rotatable bonds is 4. The third-order valence-electron chi connectivity index (χ3n) is 2.17. The highest BCUT2D eigenvalue weighted by atomic mass is 32.1. The van der Waals surface area contributed by atoms with Crippen LogP contribution in [0.1, 0.15) is 5.56 Å². The summed E-state index contributed by atoms with van der Waals surface area (Å²) in [7, 11) is 0. The standard InChI is InChI=1S/C10H15NO2S/c1-4-14-8-9(1)5-11-6-10-7-12-2-3-13-10/h1,4,8,10-11H,2-3,5-7H2. The maximum atomic E-state index is 5.51. The second kappa shape index (κ2) is 5.46. The van der Waals surface area contributed by atoms with Crippen LogP contribution in [0.25, 0.3) is 0 Å². The fourth-order valence-electron chi connectivity index (χ4n) is 1.43. The molecule has 1 aromatic rings. The maximum Gasteiger partial charge on any atom is 0.0933 e. The molecule has 14 heavy (non-hydrogen) atoms. The van der Waals surface area contributed by atoms with Gasteiger partial charge in [0.25, 0.3) is 0 Å². The van der Waals surface area contributed by atoms with Gasteiger partial charge in [0.2, 0.25) is 0 Å². The molecule has 1 N–H and O–H groups in total. The van der Waals surface area contributed by atoms with Crippen LogP contribution >= 0.6 is 11.3 Å². The number of ether oxygens (including phenoxy) is 2. The zero-order valence-electron chi connectivity index (χ0n) is 8.07. The summed E-state index contributed by atoms with van der Waals surface area (Å²) in [5, 5.41) is 7.61. The molecule has 4 heteroatoms. The lowest BCUT2D eigenvalue weighted by Crippen LogP contribution is -2.37. The summed E-state index contributed by atoms with van der Waals surface area (Å²) >= 11 is 1.73. The topological polar surface area (TPSA) is 30.5 Å². The minimum absolute atomic E-state index is 0.224. The molecule has 1 unspecified atom stereocenters. The van der Waals surface area contributed by atoms with Crippen LogP contribution in [-0.4, -0.2) is 32.5 Å². The molecule has 2 heterocycles. The Morgan fingerprint density at radius 1 is 1.50 bits per heavy atom. The average molecular weight is 213 g/mol. The Kier molecular flexibility index (Phi) is 3.94. The van der Waals surface area contributed by atoms with Gasteiger partial charge in [0, 0.05) is 13.1 Å². The van der Waals surface area contributed by atoms with E-state index in [4.69, 9.17) is 9.47 Å². The summed E-state index contributed by atoms with van der Waals surface area (Å²) in [6.07, 6.45) is 0.224. The highest BCUT2D eigenvalue weighted by Gasteiger charge is 2.13. The molecule has 78 valence electrons. The quantitative estimate of drug-likeness (QED) is 0.816. The number of thiophene rings is 1. The van der Waals surface area contributed by atoms with Crippen LogP contribution in [-0.2, 0) is 16.0 Å². The van der Waals surface area contributed by atoms with Gasteiger partial charge in [-0.05, 0) is 22.4 Å². The van der Waals surface area contributed by atoms with Crippen LogP contribution < -0.4 is 5.32 Å². The lowest BCUT2D eigenvalue weighted by atomic mass is 10.3. The minimum Gasteiger partial charge on any atom is -0.376 e. The van der Waals surface area contributed by atoms with E-state index < -0.39 is 0 Å². The van der Waals surface area contributed by atoms with Crippen LogP contribution in [0.3, 0.4) is 0 Å². The first-order chi connectivity index (χ1) is 6.95. The molecule has 1 atom stereocenters. The summed E-state index contributed by atoms with van der Waals surface area (Å²) in [5.41, 5.74) is 1.34. The molecule has 0 radical (unpaired) electrons. The van der Waals surface area contributed by atoms with Gasteiger partial charge < -0.3 is 14.8 Å². The molecule has 3 nitrogen and oxygen atoms in total. The van der Waals surface area contributed by atoms with Gasteiger partial charge in [-0.3, -0.25) is 0 Å². The van der Waals surface area contributed by atoms with E-state index in [9.17, 15) is 0 Å². The first kappa shape index (κ1) is 10.1. The second-order valence-electron chi connectivity index (χ2n) is 3.33. The molecular weight excluding hydrogens is 198 g/mol. The van der Waals surface area contributed by atoms with Crippen molar-refractivity contribution < 1.29 is 9.47 Å². The van der Waals surface area contributed by atoms with E-state index in [2.05, 4.69) is 22.1 Å². The molecule has 2 rings (SSSR count). The van der Waals surface area contributed by atoms with Crippen molar-refractivity contribution in [2.75, 3.05) is 26.4 Å². The van der Waals surface area contributed by atoms with Crippen LogP contribution in [0.15, 0.2) is 16.8 Å². The van der Waals surface area contributed by atoms with Crippen molar-refractivity contribution >= 4 is 11.3 Å². The van der Waals surface area contributed by atoms with Crippen molar-refractivity contribution in [3.8, 4) is 0 Å². The predicted octanol–water partition coefficient (Wildman–Crippen LogP) is 1.25. The van der Waals surface area contributed by atoms with E-state index in [1.165, 1.54) is 5.56 Å². The highest BCUT2D eigenvalue weighted by Crippen LogP contribution is 2.05. The van der Waals surface area contributed by atoms with E-state index in [-0.39, 0.29) is 6.10 Å². The summed E-state index contributed by atoms with van der Waals surface area (Å²) in [5.74, 6) is 0. The molecule has 0 saturated carbocycles. The Balaban J connectivity index is 1.62. The molecule has 1 saturated heterocycles. The van der Waals surface area contributed by atoms with E-state index in [1.54, 1.807) is 11.3 Å². The molecule has 1 aromatic heterocycles. The largest absolute Gasteiger partial charge is 0.376 e. The van der Waals surface area contributed by atoms with Crippen molar-refractivity contribution in [2.45, 2.75) is 12.6 Å². The number of hydrogen-bond donors (Lipinski definition) is 1. The van der Waals surface area contributed by atoms with E-state index in [0.29, 0.717) is 0 Å². The van der Waals surface area contributed by atoms with Crippen molar-refractivity contribution in [3.63, 3.8) is 0 Å². The Morgan fingerprint density at radius 3 is 3.21 bits per heavy atom. The van der Waals surface area contributed by atoms with Gasteiger partial charge in [0.1, 0.15) is 0 Å². The first-order valence-corrected chi connectivity index (χ1v) is 5.80. The Labute approximate surface area is 88.0 Å². The van der Waals surface area contributed by atoms with Crippen LogP contribution in [0.5, 0.6) is 0 Å². The van der Waals surface area contributed by atoms with Crippen LogP contribution in [0, 0.1) is 0 Å². The van der Waals surface area contributed by atoms with Crippen molar-refractivity contribution in [1.82, 2.24) is 5.32 Å². The van der Waals surface area contributed by atoms with Crippen LogP contribution in [0.2, 0.25) is 0 Å². The fourth-order valence-corrected chi connectivity index (χ4v) is 2.09. The zero-order chi connectivity index (χ0) is 9.64. The minimum atomic E-state index is 0.224. The summed E-state index contributed by atoms with van der Waals surface area (Å²) < 4.78 is 10.8. The van der Waals surface area contributed by atoms with E-state index in [1.807, 2.05) is 0 Å². The molecule has 1 aliphatic rings. The Hall–Kier alpha value is -0.420. The van der Waals surface area contributed by atoms with Gasteiger partial charge in [0.05, 0.1) is 25.9 Å². The van der Waals surface area contributed by atoms with Gasteiger partial charge >= 0.3 is 0 Å². The molecule has 1 fully saturated rings. The Bertz CT molecular complexity index is 245. The van der Waals surface area contributed by atoms with E-state index in [0.717, 1.165) is 32.9 Å². The van der Waals surface area contributed by atoms with Crippen molar-refractivity contribution in [3.05, 3.63) is 22.4 Å². The normalized spacial score (nSPS) is 22.4. The van der Waals surface area contributed by atoms with Gasteiger partial charge in [0.15, 0.2) is 0 Å². The monoisotopic (exact) mass is 213 g/mol. The predicted molar refractivity (Wildman–Crippen MR) is 56.6 cm³/mol. The summed E-state index contributed by atoms with van der Waals surface area (Å²) in [6, 6.07) is 2.13. The van der Waals surface area contributed by atoms with E-state index >= 15 is 0 Å². The molecule has 0 spiro atoms.